The fraction of sp³-hybridized carbons (Fsp3) is 0.391. The number of aliphatic imine (C=N–C) groups is 1. The zero-order valence-electron chi connectivity index (χ0n) is 18.6. The van der Waals surface area contributed by atoms with Crippen LogP contribution in [0.2, 0.25) is 0 Å². The fourth-order valence-corrected chi connectivity index (χ4v) is 3.35. The second kappa shape index (κ2) is 13.1. The fourth-order valence-electron chi connectivity index (χ4n) is 3.35. The van der Waals surface area contributed by atoms with Gasteiger partial charge in [0.05, 0.1) is 14.2 Å². The van der Waals surface area contributed by atoms with Crippen LogP contribution in [0.1, 0.15) is 24.0 Å². The molecule has 8 nitrogen and oxygen atoms in total. The largest absolute Gasteiger partial charge is 0.493 e. The van der Waals surface area contributed by atoms with Crippen molar-refractivity contribution in [1.82, 2.24) is 10.6 Å². The molecule has 2 aromatic rings. The lowest BCUT2D eigenvalue weighted by atomic mass is 10.2. The number of anilines is 1. The maximum absolute atomic E-state index is 12.2. The molecule has 174 valence electrons. The summed E-state index contributed by atoms with van der Waals surface area (Å²) >= 11 is 0. The molecule has 32 heavy (non-hydrogen) atoms. The third kappa shape index (κ3) is 7.27. The smallest absolute Gasteiger partial charge is 0.253 e. The average molecular weight is 554 g/mol. The van der Waals surface area contributed by atoms with E-state index >= 15 is 0 Å². The summed E-state index contributed by atoms with van der Waals surface area (Å²) in [6.45, 7) is 1.80. The molecule has 2 aromatic carbocycles. The predicted molar refractivity (Wildman–Crippen MR) is 136 cm³/mol. The molecular weight excluding hydrogens is 523 g/mol. The minimum absolute atomic E-state index is 0. The summed E-state index contributed by atoms with van der Waals surface area (Å²) in [6.07, 6.45) is 1.36. The van der Waals surface area contributed by atoms with E-state index in [0.717, 1.165) is 29.7 Å². The summed E-state index contributed by atoms with van der Waals surface area (Å²) in [5, 5.41) is 9.51. The summed E-state index contributed by atoms with van der Waals surface area (Å²) in [5.74, 6) is 1.96. The number of ether oxygens (including phenoxy) is 3. The molecule has 0 aromatic heterocycles. The van der Waals surface area contributed by atoms with Crippen LogP contribution in [0.25, 0.3) is 0 Å². The first-order valence-electron chi connectivity index (χ1n) is 10.3. The Labute approximate surface area is 206 Å². The highest BCUT2D eigenvalue weighted by molar-refractivity contribution is 14.0. The van der Waals surface area contributed by atoms with Gasteiger partial charge in [-0.05, 0) is 48.2 Å². The standard InChI is InChI=1S/C23H30N4O4.HI/c1-24-23(26-15-17-9-10-19(29-2)21(13-17)30-3)25-14-16-6-4-7-18(12-16)27-22(28)20-8-5-11-31-20;/h4,6-7,9-10,12-13,20H,5,8,11,14-15H2,1-3H3,(H,27,28)(H2,24,25,26);1H. The number of nitrogens with zero attached hydrogens (tertiary/aromatic N) is 1. The molecule has 1 heterocycles. The molecule has 1 amide bonds. The normalized spacial score (nSPS) is 15.5. The Morgan fingerprint density at radius 2 is 1.78 bits per heavy atom. The Hall–Kier alpha value is -2.53. The number of benzene rings is 2. The number of halogens is 1. The third-order valence-corrected chi connectivity index (χ3v) is 5.01. The minimum atomic E-state index is -0.346. The summed E-state index contributed by atoms with van der Waals surface area (Å²) < 4.78 is 16.1. The molecule has 0 aliphatic carbocycles. The van der Waals surface area contributed by atoms with E-state index in [4.69, 9.17) is 14.2 Å². The number of rotatable bonds is 8. The van der Waals surface area contributed by atoms with Gasteiger partial charge < -0.3 is 30.2 Å². The van der Waals surface area contributed by atoms with Crippen molar-refractivity contribution in [2.24, 2.45) is 4.99 Å². The van der Waals surface area contributed by atoms with Crippen molar-refractivity contribution in [3.05, 3.63) is 53.6 Å². The summed E-state index contributed by atoms with van der Waals surface area (Å²) in [5.41, 5.74) is 2.83. The van der Waals surface area contributed by atoms with Gasteiger partial charge in [0.15, 0.2) is 17.5 Å². The lowest BCUT2D eigenvalue weighted by molar-refractivity contribution is -0.124. The molecule has 0 spiro atoms. The van der Waals surface area contributed by atoms with Crippen LogP contribution in [-0.2, 0) is 22.6 Å². The molecule has 9 heteroatoms. The van der Waals surface area contributed by atoms with Gasteiger partial charge in [-0.25, -0.2) is 0 Å². The molecule has 0 saturated carbocycles. The maximum Gasteiger partial charge on any atom is 0.253 e. The molecule has 1 fully saturated rings. The Morgan fingerprint density at radius 3 is 2.41 bits per heavy atom. The van der Waals surface area contributed by atoms with Gasteiger partial charge in [-0.15, -0.1) is 24.0 Å². The Balaban J connectivity index is 0.00000363. The second-order valence-corrected chi connectivity index (χ2v) is 7.16. The van der Waals surface area contributed by atoms with Gasteiger partial charge in [-0.3, -0.25) is 9.79 Å². The number of carbonyl (C=O) groups excluding carboxylic acids is 1. The second-order valence-electron chi connectivity index (χ2n) is 7.16. The van der Waals surface area contributed by atoms with Crippen molar-refractivity contribution in [3.63, 3.8) is 0 Å². The van der Waals surface area contributed by atoms with Crippen LogP contribution >= 0.6 is 24.0 Å². The van der Waals surface area contributed by atoms with E-state index in [-0.39, 0.29) is 36.0 Å². The highest BCUT2D eigenvalue weighted by atomic mass is 127. The van der Waals surface area contributed by atoms with Crippen LogP contribution in [-0.4, -0.2) is 45.8 Å². The molecular formula is C23H31IN4O4. The third-order valence-electron chi connectivity index (χ3n) is 5.01. The highest BCUT2D eigenvalue weighted by Crippen LogP contribution is 2.27. The van der Waals surface area contributed by atoms with Gasteiger partial charge in [-0.2, -0.15) is 0 Å². The maximum atomic E-state index is 12.2. The van der Waals surface area contributed by atoms with Gasteiger partial charge in [0.1, 0.15) is 6.10 Å². The Bertz CT molecular complexity index is 917. The molecule has 1 atom stereocenters. The van der Waals surface area contributed by atoms with Crippen molar-refractivity contribution < 1.29 is 19.0 Å². The van der Waals surface area contributed by atoms with Gasteiger partial charge >= 0.3 is 0 Å². The van der Waals surface area contributed by atoms with Gasteiger partial charge in [0.25, 0.3) is 5.91 Å². The van der Waals surface area contributed by atoms with Crippen molar-refractivity contribution in [2.75, 3.05) is 33.2 Å². The molecule has 0 radical (unpaired) electrons. The van der Waals surface area contributed by atoms with E-state index in [0.29, 0.717) is 37.2 Å². The number of hydrogen-bond donors (Lipinski definition) is 3. The molecule has 1 aliphatic rings. The number of hydrogen-bond acceptors (Lipinski definition) is 5. The highest BCUT2D eigenvalue weighted by Gasteiger charge is 2.23. The SMILES string of the molecule is CN=C(NCc1cccc(NC(=O)C2CCCO2)c1)NCc1ccc(OC)c(OC)c1.I. The average Bonchev–Trinajstić information content (AvgIpc) is 3.34. The first kappa shape index (κ1) is 25.7. The topological polar surface area (TPSA) is 93.2 Å². The van der Waals surface area contributed by atoms with E-state index in [2.05, 4.69) is 20.9 Å². The molecule has 3 N–H and O–H groups in total. The van der Waals surface area contributed by atoms with Crippen molar-refractivity contribution in [1.29, 1.82) is 0 Å². The number of guanidine groups is 1. The van der Waals surface area contributed by atoms with Gasteiger partial charge in [0.2, 0.25) is 0 Å². The molecule has 1 unspecified atom stereocenters. The van der Waals surface area contributed by atoms with Crippen LogP contribution < -0.4 is 25.4 Å². The monoisotopic (exact) mass is 554 g/mol. The Kier molecular flexibility index (Phi) is 10.5. The van der Waals surface area contributed by atoms with Crippen molar-refractivity contribution in [2.45, 2.75) is 32.0 Å². The van der Waals surface area contributed by atoms with Crippen LogP contribution in [0, 0.1) is 0 Å². The molecule has 1 aliphatic heterocycles. The number of amides is 1. The van der Waals surface area contributed by atoms with E-state index in [1.165, 1.54) is 0 Å². The minimum Gasteiger partial charge on any atom is -0.493 e. The number of nitrogens with one attached hydrogen (secondary N) is 3. The molecule has 3 rings (SSSR count). The summed E-state index contributed by atoms with van der Waals surface area (Å²) in [7, 11) is 4.96. The van der Waals surface area contributed by atoms with Gasteiger partial charge in [-0.1, -0.05) is 18.2 Å². The predicted octanol–water partition coefficient (Wildman–Crippen LogP) is 3.30. The van der Waals surface area contributed by atoms with Gasteiger partial charge in [0, 0.05) is 32.4 Å². The lowest BCUT2D eigenvalue weighted by Gasteiger charge is -2.14. The van der Waals surface area contributed by atoms with Crippen LogP contribution in [0.5, 0.6) is 11.5 Å². The van der Waals surface area contributed by atoms with E-state index < -0.39 is 0 Å². The van der Waals surface area contributed by atoms with Crippen molar-refractivity contribution in [3.8, 4) is 11.5 Å². The summed E-state index contributed by atoms with van der Waals surface area (Å²) in [6, 6.07) is 13.5. The molecule has 0 bridgehead atoms. The number of methoxy groups -OCH3 is 2. The Morgan fingerprint density at radius 1 is 1.06 bits per heavy atom. The van der Waals surface area contributed by atoms with Crippen LogP contribution in [0.3, 0.4) is 0 Å². The zero-order valence-corrected chi connectivity index (χ0v) is 21.0. The first-order valence-corrected chi connectivity index (χ1v) is 10.3. The number of carbonyl (C=O) groups is 1. The van der Waals surface area contributed by atoms with Crippen molar-refractivity contribution >= 4 is 41.5 Å². The molecule has 1 saturated heterocycles. The van der Waals surface area contributed by atoms with Crippen LogP contribution in [0.15, 0.2) is 47.5 Å². The van der Waals surface area contributed by atoms with E-state index in [9.17, 15) is 4.79 Å². The van der Waals surface area contributed by atoms with E-state index in [1.54, 1.807) is 21.3 Å². The van der Waals surface area contributed by atoms with E-state index in [1.807, 2.05) is 42.5 Å². The quantitative estimate of drug-likeness (QED) is 0.264. The zero-order chi connectivity index (χ0) is 22.1. The lowest BCUT2D eigenvalue weighted by Crippen LogP contribution is -2.36. The van der Waals surface area contributed by atoms with Crippen LogP contribution in [0.4, 0.5) is 5.69 Å². The summed E-state index contributed by atoms with van der Waals surface area (Å²) in [4.78, 5) is 16.5. The first-order chi connectivity index (χ1) is 15.1.